The predicted octanol–water partition coefficient (Wildman–Crippen LogP) is 3.08. The van der Waals surface area contributed by atoms with Gasteiger partial charge >= 0.3 is 6.09 Å². The number of carbonyl (C=O) groups excluding carboxylic acids is 1. The van der Waals surface area contributed by atoms with Gasteiger partial charge in [-0.2, -0.15) is 0 Å². The van der Waals surface area contributed by atoms with Crippen LogP contribution < -0.4 is 10.6 Å². The van der Waals surface area contributed by atoms with E-state index >= 15 is 0 Å². The largest absolute Gasteiger partial charge is 0.453 e. The minimum Gasteiger partial charge on any atom is -0.453 e. The molecule has 0 spiro atoms. The van der Waals surface area contributed by atoms with E-state index in [-0.39, 0.29) is 0 Å². The molecule has 4 nitrogen and oxygen atoms in total. The summed E-state index contributed by atoms with van der Waals surface area (Å²) in [6.45, 7) is 2.27. The van der Waals surface area contributed by atoms with Crippen LogP contribution in [0.1, 0.15) is 19.8 Å². The molecule has 1 aromatic carbocycles. The lowest BCUT2D eigenvalue weighted by Gasteiger charge is -2.34. The van der Waals surface area contributed by atoms with Crippen molar-refractivity contribution < 1.29 is 9.53 Å². The summed E-state index contributed by atoms with van der Waals surface area (Å²) >= 11 is 0. The van der Waals surface area contributed by atoms with Crippen LogP contribution in [0.3, 0.4) is 0 Å². The normalized spacial score (nSPS) is 22.5. The lowest BCUT2D eigenvalue weighted by atomic mass is 9.82. The van der Waals surface area contributed by atoms with Crippen LogP contribution in [0.25, 0.3) is 0 Å². The van der Waals surface area contributed by atoms with Gasteiger partial charge < -0.3 is 10.1 Å². The highest BCUT2D eigenvalue weighted by Crippen LogP contribution is 2.29. The highest BCUT2D eigenvalue weighted by Gasteiger charge is 2.24. The Hall–Kier alpha value is -1.71. The van der Waals surface area contributed by atoms with Gasteiger partial charge in [0.2, 0.25) is 0 Å². The summed E-state index contributed by atoms with van der Waals surface area (Å²) in [5.41, 5.74) is 1.83. The maximum atomic E-state index is 11.0. The predicted molar refractivity (Wildman–Crippen MR) is 68.3 cm³/mol. The van der Waals surface area contributed by atoms with Crippen LogP contribution in [0, 0.1) is 5.92 Å². The third-order valence-corrected chi connectivity index (χ3v) is 3.06. The summed E-state index contributed by atoms with van der Waals surface area (Å²) in [7, 11) is 1.35. The molecule has 1 aliphatic rings. The smallest absolute Gasteiger partial charge is 0.411 e. The average molecular weight is 234 g/mol. The molecule has 1 amide bonds. The van der Waals surface area contributed by atoms with Gasteiger partial charge in [0.25, 0.3) is 0 Å². The number of hydrogen-bond acceptors (Lipinski definition) is 3. The van der Waals surface area contributed by atoms with Crippen molar-refractivity contribution >= 4 is 17.5 Å². The van der Waals surface area contributed by atoms with E-state index in [9.17, 15) is 4.79 Å². The Morgan fingerprint density at radius 1 is 1.24 bits per heavy atom. The van der Waals surface area contributed by atoms with E-state index in [0.29, 0.717) is 6.04 Å². The first-order chi connectivity index (χ1) is 8.17. The highest BCUT2D eigenvalue weighted by atomic mass is 16.5. The van der Waals surface area contributed by atoms with Crippen LogP contribution in [0.15, 0.2) is 24.3 Å². The van der Waals surface area contributed by atoms with Gasteiger partial charge in [-0.15, -0.1) is 0 Å². The molecular weight excluding hydrogens is 216 g/mol. The molecule has 1 aromatic rings. The van der Waals surface area contributed by atoms with Gasteiger partial charge in [0.15, 0.2) is 0 Å². The van der Waals surface area contributed by atoms with Crippen molar-refractivity contribution in [1.82, 2.24) is 0 Å². The molecule has 0 unspecified atom stereocenters. The van der Waals surface area contributed by atoms with E-state index < -0.39 is 6.09 Å². The highest BCUT2D eigenvalue weighted by molar-refractivity contribution is 5.84. The van der Waals surface area contributed by atoms with Crippen molar-refractivity contribution in [2.45, 2.75) is 25.8 Å². The zero-order valence-electron chi connectivity index (χ0n) is 10.2. The van der Waals surface area contributed by atoms with Crippen LogP contribution in [0.2, 0.25) is 0 Å². The number of anilines is 2. The number of nitrogens with one attached hydrogen (secondary N) is 2. The summed E-state index contributed by atoms with van der Waals surface area (Å²) in [5, 5.41) is 6.08. The van der Waals surface area contributed by atoms with Gasteiger partial charge in [0, 0.05) is 17.4 Å². The second-order valence-electron chi connectivity index (χ2n) is 4.61. The lowest BCUT2D eigenvalue weighted by molar-refractivity contribution is 0.187. The molecule has 92 valence electrons. The van der Waals surface area contributed by atoms with Gasteiger partial charge in [0.1, 0.15) is 0 Å². The molecule has 0 bridgehead atoms. The number of carbonyl (C=O) groups is 1. The minimum atomic E-state index is -0.446. The van der Waals surface area contributed by atoms with Gasteiger partial charge in [-0.3, -0.25) is 5.32 Å². The van der Waals surface area contributed by atoms with E-state index in [1.807, 2.05) is 24.3 Å². The van der Waals surface area contributed by atoms with E-state index in [1.54, 1.807) is 0 Å². The van der Waals surface area contributed by atoms with Crippen molar-refractivity contribution in [1.29, 1.82) is 0 Å². The fourth-order valence-corrected chi connectivity index (χ4v) is 2.07. The number of amides is 1. The molecule has 17 heavy (non-hydrogen) atoms. The second kappa shape index (κ2) is 5.08. The first-order valence-electron chi connectivity index (χ1n) is 5.89. The van der Waals surface area contributed by atoms with E-state index in [0.717, 1.165) is 17.3 Å². The van der Waals surface area contributed by atoms with Crippen molar-refractivity contribution in [2.75, 3.05) is 17.7 Å². The number of ether oxygens (including phenoxy) is 1. The fraction of sp³-hybridized carbons (Fsp3) is 0.462. The zero-order chi connectivity index (χ0) is 12.3. The number of benzene rings is 1. The molecule has 0 aromatic heterocycles. The van der Waals surface area contributed by atoms with E-state index in [2.05, 4.69) is 22.3 Å². The minimum absolute atomic E-state index is 0.446. The topological polar surface area (TPSA) is 50.4 Å². The Kier molecular flexibility index (Phi) is 3.52. The van der Waals surface area contributed by atoms with Crippen LogP contribution in [0.4, 0.5) is 16.2 Å². The average Bonchev–Trinajstić information content (AvgIpc) is 2.29. The van der Waals surface area contributed by atoms with Crippen LogP contribution in [0.5, 0.6) is 0 Å². The maximum Gasteiger partial charge on any atom is 0.411 e. The SMILES string of the molecule is COC(=O)Nc1ccc(NC2CC(C)C2)cc1. The van der Waals surface area contributed by atoms with E-state index in [1.165, 1.54) is 20.0 Å². The Morgan fingerprint density at radius 3 is 2.35 bits per heavy atom. The summed E-state index contributed by atoms with van der Waals surface area (Å²) in [6, 6.07) is 8.26. The van der Waals surface area contributed by atoms with Crippen molar-refractivity contribution in [3.63, 3.8) is 0 Å². The molecule has 4 heteroatoms. The molecule has 1 aliphatic carbocycles. The number of methoxy groups -OCH3 is 1. The third kappa shape index (κ3) is 3.12. The summed E-state index contributed by atoms with van der Waals surface area (Å²) in [5.74, 6) is 0.841. The van der Waals surface area contributed by atoms with E-state index in [4.69, 9.17) is 0 Å². The first kappa shape index (κ1) is 11.8. The Labute approximate surface area is 101 Å². The Morgan fingerprint density at radius 2 is 1.82 bits per heavy atom. The van der Waals surface area contributed by atoms with Gasteiger partial charge in [-0.25, -0.2) is 4.79 Å². The summed E-state index contributed by atoms with van der Waals surface area (Å²) in [6.07, 6.45) is 2.03. The standard InChI is InChI=1S/C13H18N2O2/c1-9-7-12(8-9)14-10-3-5-11(6-4-10)15-13(16)17-2/h3-6,9,12,14H,7-8H2,1-2H3,(H,15,16). The molecule has 2 rings (SSSR count). The van der Waals surface area contributed by atoms with Gasteiger partial charge in [0.05, 0.1) is 7.11 Å². The fourth-order valence-electron chi connectivity index (χ4n) is 2.07. The monoisotopic (exact) mass is 234 g/mol. The molecule has 0 aliphatic heterocycles. The van der Waals surface area contributed by atoms with Crippen molar-refractivity contribution in [2.24, 2.45) is 5.92 Å². The lowest BCUT2D eigenvalue weighted by Crippen LogP contribution is -2.33. The molecular formula is C13H18N2O2. The third-order valence-electron chi connectivity index (χ3n) is 3.06. The van der Waals surface area contributed by atoms with Crippen LogP contribution >= 0.6 is 0 Å². The molecule has 0 heterocycles. The molecule has 1 fully saturated rings. The van der Waals surface area contributed by atoms with Crippen molar-refractivity contribution in [3.8, 4) is 0 Å². The molecule has 0 saturated heterocycles. The van der Waals surface area contributed by atoms with Crippen LogP contribution in [-0.2, 0) is 4.74 Å². The molecule has 2 N–H and O–H groups in total. The molecule has 1 saturated carbocycles. The van der Waals surface area contributed by atoms with Gasteiger partial charge in [-0.05, 0) is 43.0 Å². The quantitative estimate of drug-likeness (QED) is 0.845. The Bertz CT molecular complexity index is 383. The molecule has 0 radical (unpaired) electrons. The molecule has 0 atom stereocenters. The summed E-state index contributed by atoms with van der Waals surface area (Å²) in [4.78, 5) is 11.0. The summed E-state index contributed by atoms with van der Waals surface area (Å²) < 4.78 is 4.52. The van der Waals surface area contributed by atoms with Crippen molar-refractivity contribution in [3.05, 3.63) is 24.3 Å². The zero-order valence-corrected chi connectivity index (χ0v) is 10.2. The van der Waals surface area contributed by atoms with Crippen LogP contribution in [-0.4, -0.2) is 19.2 Å². The number of rotatable bonds is 3. The number of hydrogen-bond donors (Lipinski definition) is 2. The maximum absolute atomic E-state index is 11.0. The first-order valence-corrected chi connectivity index (χ1v) is 5.89. The van der Waals surface area contributed by atoms with Gasteiger partial charge in [-0.1, -0.05) is 6.92 Å². The second-order valence-corrected chi connectivity index (χ2v) is 4.61. The Balaban J connectivity index is 1.87.